The minimum Gasteiger partial charge on any atom is -0.379 e. The van der Waals surface area contributed by atoms with E-state index in [2.05, 4.69) is 19.9 Å². The molecule has 0 aliphatic carbocycles. The molecule has 1 unspecified atom stereocenters. The summed E-state index contributed by atoms with van der Waals surface area (Å²) in [7, 11) is 0. The second kappa shape index (κ2) is 7.72. The summed E-state index contributed by atoms with van der Waals surface area (Å²) in [6.45, 7) is 3.26. The van der Waals surface area contributed by atoms with Gasteiger partial charge in [-0.05, 0) is 25.0 Å². The number of fused-ring (bicyclic) bond motifs is 1. The van der Waals surface area contributed by atoms with Gasteiger partial charge in [0.2, 0.25) is 0 Å². The van der Waals surface area contributed by atoms with Gasteiger partial charge in [0, 0.05) is 35.6 Å². The van der Waals surface area contributed by atoms with Crippen molar-refractivity contribution < 1.29 is 17.9 Å². The van der Waals surface area contributed by atoms with E-state index in [9.17, 15) is 13.2 Å². The molecule has 5 rings (SSSR count). The largest absolute Gasteiger partial charge is 0.434 e. The monoisotopic (exact) mass is 450 g/mol. The summed E-state index contributed by atoms with van der Waals surface area (Å²) in [5, 5.41) is 0.430. The maximum atomic E-state index is 13.2. The van der Waals surface area contributed by atoms with E-state index in [1.165, 1.54) is 12.1 Å². The van der Waals surface area contributed by atoms with Crippen molar-refractivity contribution in [2.45, 2.75) is 36.5 Å². The molecule has 2 N–H and O–H groups in total. The fourth-order valence-corrected chi connectivity index (χ4v) is 5.34. The Morgan fingerprint density at radius 2 is 2.03 bits per heavy atom. The molecule has 3 aliphatic rings. The van der Waals surface area contributed by atoms with E-state index in [-0.39, 0.29) is 16.4 Å². The number of nitrogens with zero attached hydrogens (tertiary/aromatic N) is 5. The third-order valence-corrected chi connectivity index (χ3v) is 7.27. The highest BCUT2D eigenvalue weighted by molar-refractivity contribution is 8.14. The van der Waals surface area contributed by atoms with Gasteiger partial charge in [0.15, 0.2) is 5.69 Å². The topological polar surface area (TPSA) is 89.5 Å². The van der Waals surface area contributed by atoms with Gasteiger partial charge in [-0.15, -0.1) is 0 Å². The van der Waals surface area contributed by atoms with Gasteiger partial charge in [-0.1, -0.05) is 11.8 Å². The number of piperidine rings is 1. The third-order valence-electron chi connectivity index (χ3n) is 6.21. The molecule has 0 radical (unpaired) electrons. The molecule has 2 fully saturated rings. The van der Waals surface area contributed by atoms with E-state index in [1.807, 2.05) is 0 Å². The summed E-state index contributed by atoms with van der Waals surface area (Å²) in [4.78, 5) is 19.3. The molecule has 1 spiro atoms. The number of rotatable bonds is 2. The maximum Gasteiger partial charge on any atom is 0.434 e. The number of aromatic nitrogens is 3. The highest BCUT2D eigenvalue weighted by atomic mass is 32.2. The molecule has 31 heavy (non-hydrogen) atoms. The van der Waals surface area contributed by atoms with Crippen LogP contribution in [0.3, 0.4) is 0 Å². The van der Waals surface area contributed by atoms with Gasteiger partial charge in [0.1, 0.15) is 16.6 Å². The van der Waals surface area contributed by atoms with Crippen LogP contribution in [0, 0.1) is 5.41 Å². The molecule has 0 bridgehead atoms. The number of pyridine rings is 1. The number of aliphatic imine (C=N–C) groups is 1. The molecule has 2 aromatic rings. The Hall–Kier alpha value is -2.24. The molecule has 7 nitrogen and oxygen atoms in total. The van der Waals surface area contributed by atoms with Crippen LogP contribution >= 0.6 is 11.8 Å². The summed E-state index contributed by atoms with van der Waals surface area (Å²) in [5.41, 5.74) is 6.60. The van der Waals surface area contributed by atoms with Crippen molar-refractivity contribution in [3.05, 3.63) is 41.6 Å². The van der Waals surface area contributed by atoms with Crippen LogP contribution in [0.5, 0.6) is 0 Å². The molecular weight excluding hydrogens is 429 g/mol. The average molecular weight is 450 g/mol. The van der Waals surface area contributed by atoms with Gasteiger partial charge in [-0.25, -0.2) is 9.97 Å². The first-order valence-corrected chi connectivity index (χ1v) is 10.9. The van der Waals surface area contributed by atoms with Crippen molar-refractivity contribution in [3.63, 3.8) is 0 Å². The molecule has 1 atom stereocenters. The quantitative estimate of drug-likeness (QED) is 0.753. The Labute approximate surface area is 181 Å². The Morgan fingerprint density at radius 1 is 1.23 bits per heavy atom. The Bertz CT molecular complexity index is 1020. The van der Waals surface area contributed by atoms with E-state index < -0.39 is 11.9 Å². The van der Waals surface area contributed by atoms with Crippen molar-refractivity contribution in [3.8, 4) is 0 Å². The second-order valence-electron chi connectivity index (χ2n) is 8.07. The fraction of sp³-hybridized carbons (Fsp3) is 0.500. The minimum absolute atomic E-state index is 0.00364. The van der Waals surface area contributed by atoms with Crippen molar-refractivity contribution in [1.82, 2.24) is 15.0 Å². The number of hydrogen-bond donors (Lipinski definition) is 1. The summed E-state index contributed by atoms with van der Waals surface area (Å²) in [5.74, 6) is 0.764. The molecule has 0 saturated carbocycles. The molecule has 0 amide bonds. The summed E-state index contributed by atoms with van der Waals surface area (Å²) >= 11 is 0.925. The zero-order valence-corrected chi connectivity index (χ0v) is 17.4. The van der Waals surface area contributed by atoms with E-state index in [4.69, 9.17) is 15.5 Å². The molecule has 3 aliphatic heterocycles. The molecule has 11 heteroatoms. The average Bonchev–Trinajstić information content (AvgIpc) is 3.31. The normalized spacial score (nSPS) is 22.6. The lowest BCUT2D eigenvalue weighted by molar-refractivity contribution is -0.143. The van der Waals surface area contributed by atoms with Crippen molar-refractivity contribution in [2.75, 3.05) is 31.2 Å². The van der Waals surface area contributed by atoms with Crippen LogP contribution in [0.2, 0.25) is 0 Å². The molecule has 0 aromatic carbocycles. The van der Waals surface area contributed by atoms with Crippen LogP contribution in [-0.2, 0) is 17.5 Å². The number of nitrogens with two attached hydrogens (primary N) is 1. The van der Waals surface area contributed by atoms with Gasteiger partial charge >= 0.3 is 6.18 Å². The Morgan fingerprint density at radius 3 is 2.74 bits per heavy atom. The minimum atomic E-state index is -4.53. The van der Waals surface area contributed by atoms with Crippen LogP contribution in [0.4, 0.5) is 19.0 Å². The highest BCUT2D eigenvalue weighted by Gasteiger charge is 2.44. The zero-order valence-electron chi connectivity index (χ0n) is 16.6. The number of thioether (sulfide) groups is 1. The van der Waals surface area contributed by atoms with E-state index in [0.29, 0.717) is 36.2 Å². The van der Waals surface area contributed by atoms with Crippen LogP contribution in [0.25, 0.3) is 0 Å². The Balaban J connectivity index is 1.31. The van der Waals surface area contributed by atoms with Crippen molar-refractivity contribution >= 4 is 22.6 Å². The number of alkyl halides is 3. The predicted octanol–water partition coefficient (Wildman–Crippen LogP) is 2.89. The summed E-state index contributed by atoms with van der Waals surface area (Å²) in [6, 6.07) is 2.94. The van der Waals surface area contributed by atoms with Gasteiger partial charge in [0.25, 0.3) is 0 Å². The fourth-order valence-electron chi connectivity index (χ4n) is 4.32. The number of ether oxygens (including phenoxy) is 1. The van der Waals surface area contributed by atoms with Gasteiger partial charge in [-0.2, -0.15) is 13.2 Å². The molecular formula is C20H21F3N6OS. The van der Waals surface area contributed by atoms with Crippen LogP contribution in [0.1, 0.15) is 29.9 Å². The number of hydrogen-bond acceptors (Lipinski definition) is 8. The number of anilines is 1. The van der Waals surface area contributed by atoms with Crippen LogP contribution in [-0.4, -0.2) is 52.3 Å². The molecule has 2 saturated heterocycles. The summed E-state index contributed by atoms with van der Waals surface area (Å²) in [6.07, 6.45) is 0.158. The number of halogens is 3. The Kier molecular flexibility index (Phi) is 5.14. The predicted molar refractivity (Wildman–Crippen MR) is 110 cm³/mol. The lowest BCUT2D eigenvalue weighted by Gasteiger charge is -2.41. The van der Waals surface area contributed by atoms with E-state index in [0.717, 1.165) is 49.7 Å². The van der Waals surface area contributed by atoms with Crippen molar-refractivity contribution in [2.24, 2.45) is 16.1 Å². The SMILES string of the molecule is NC1COCC12CCN(c1cnc3c(n1)CN=C3Sc1cccnc1C(F)(F)F)CC2. The lowest BCUT2D eigenvalue weighted by Crippen LogP contribution is -2.49. The van der Waals surface area contributed by atoms with E-state index in [1.54, 1.807) is 6.20 Å². The smallest absolute Gasteiger partial charge is 0.379 e. The standard InChI is InChI=1S/C20H21F3N6OS/c21-20(22,23)17-13(2-1-5-25-17)31-18-16-12(8-27-18)28-15(9-26-16)29-6-3-19(4-7-29)11-30-10-14(19)24/h1-2,5,9,14H,3-4,6-8,10-11,24H2. The van der Waals surface area contributed by atoms with Gasteiger partial charge < -0.3 is 15.4 Å². The second-order valence-corrected chi connectivity index (χ2v) is 9.10. The van der Waals surface area contributed by atoms with Gasteiger partial charge in [0.05, 0.1) is 31.6 Å². The first kappa shape index (κ1) is 20.7. The molecule has 2 aromatic heterocycles. The third kappa shape index (κ3) is 3.79. The molecule has 164 valence electrons. The van der Waals surface area contributed by atoms with E-state index >= 15 is 0 Å². The maximum absolute atomic E-state index is 13.2. The van der Waals surface area contributed by atoms with Crippen molar-refractivity contribution in [1.29, 1.82) is 0 Å². The highest BCUT2D eigenvalue weighted by Crippen LogP contribution is 2.40. The van der Waals surface area contributed by atoms with Crippen LogP contribution < -0.4 is 10.6 Å². The lowest BCUT2D eigenvalue weighted by atomic mass is 9.75. The zero-order chi connectivity index (χ0) is 21.6. The van der Waals surface area contributed by atoms with Crippen LogP contribution in [0.15, 0.2) is 34.4 Å². The first-order chi connectivity index (χ1) is 14.9. The first-order valence-electron chi connectivity index (χ1n) is 10.0. The van der Waals surface area contributed by atoms with Gasteiger partial charge in [-0.3, -0.25) is 9.98 Å². The molecule has 5 heterocycles. The summed E-state index contributed by atoms with van der Waals surface area (Å²) < 4.78 is 45.3.